The fourth-order valence-corrected chi connectivity index (χ4v) is 2.60. The van der Waals surface area contributed by atoms with Crippen LogP contribution in [0.4, 0.5) is 5.69 Å². The number of nitrogen functional groups attached to an aromatic ring is 1. The number of amides is 1. The van der Waals surface area contributed by atoms with E-state index in [9.17, 15) is 4.79 Å². The van der Waals surface area contributed by atoms with E-state index in [1.165, 1.54) is 4.88 Å². The SMILES string of the molecule is CC(Cc1cccs1)NC(=O)c1cccc(N)c1. The van der Waals surface area contributed by atoms with Gasteiger partial charge in [-0.15, -0.1) is 11.3 Å². The van der Waals surface area contributed by atoms with Gasteiger partial charge in [-0.05, 0) is 36.6 Å². The van der Waals surface area contributed by atoms with E-state index in [1.54, 1.807) is 35.6 Å². The van der Waals surface area contributed by atoms with Gasteiger partial charge in [-0.25, -0.2) is 0 Å². The number of benzene rings is 1. The van der Waals surface area contributed by atoms with Crippen LogP contribution in [0.3, 0.4) is 0 Å². The Morgan fingerprint density at radius 2 is 2.22 bits per heavy atom. The first-order chi connectivity index (χ1) is 8.65. The van der Waals surface area contributed by atoms with E-state index in [0.29, 0.717) is 11.3 Å². The topological polar surface area (TPSA) is 55.1 Å². The van der Waals surface area contributed by atoms with Gasteiger partial charge >= 0.3 is 0 Å². The average Bonchev–Trinajstić information content (AvgIpc) is 2.81. The molecular weight excluding hydrogens is 244 g/mol. The van der Waals surface area contributed by atoms with E-state index >= 15 is 0 Å². The summed E-state index contributed by atoms with van der Waals surface area (Å²) >= 11 is 1.71. The Bertz CT molecular complexity index is 522. The van der Waals surface area contributed by atoms with E-state index in [4.69, 9.17) is 5.73 Å². The normalized spacial score (nSPS) is 12.1. The molecule has 0 aliphatic heterocycles. The van der Waals surface area contributed by atoms with Crippen molar-refractivity contribution in [2.45, 2.75) is 19.4 Å². The number of nitrogens with one attached hydrogen (secondary N) is 1. The fourth-order valence-electron chi connectivity index (χ4n) is 1.77. The van der Waals surface area contributed by atoms with E-state index in [-0.39, 0.29) is 11.9 Å². The van der Waals surface area contributed by atoms with Crippen LogP contribution in [0.1, 0.15) is 22.2 Å². The summed E-state index contributed by atoms with van der Waals surface area (Å²) in [6.07, 6.45) is 0.853. The van der Waals surface area contributed by atoms with Gasteiger partial charge in [-0.3, -0.25) is 4.79 Å². The average molecular weight is 260 g/mol. The van der Waals surface area contributed by atoms with Crippen molar-refractivity contribution >= 4 is 22.9 Å². The lowest BCUT2D eigenvalue weighted by Crippen LogP contribution is -2.33. The summed E-state index contributed by atoms with van der Waals surface area (Å²) in [7, 11) is 0. The number of rotatable bonds is 4. The Balaban J connectivity index is 1.95. The van der Waals surface area contributed by atoms with Gasteiger partial charge in [0.1, 0.15) is 0 Å². The highest BCUT2D eigenvalue weighted by atomic mass is 32.1. The Hall–Kier alpha value is -1.81. The Morgan fingerprint density at radius 1 is 1.39 bits per heavy atom. The minimum Gasteiger partial charge on any atom is -0.399 e. The van der Waals surface area contributed by atoms with Gasteiger partial charge in [-0.2, -0.15) is 0 Å². The summed E-state index contributed by atoms with van der Waals surface area (Å²) in [6.45, 7) is 2.00. The van der Waals surface area contributed by atoms with Gasteiger partial charge in [-0.1, -0.05) is 12.1 Å². The smallest absolute Gasteiger partial charge is 0.251 e. The maximum absolute atomic E-state index is 12.0. The van der Waals surface area contributed by atoms with Crippen molar-refractivity contribution in [3.05, 3.63) is 52.2 Å². The summed E-state index contributed by atoms with van der Waals surface area (Å²) in [4.78, 5) is 13.2. The van der Waals surface area contributed by atoms with Crippen LogP contribution in [0.5, 0.6) is 0 Å². The van der Waals surface area contributed by atoms with Crippen LogP contribution in [0.2, 0.25) is 0 Å². The minimum atomic E-state index is -0.0774. The Morgan fingerprint density at radius 3 is 2.89 bits per heavy atom. The molecule has 4 heteroatoms. The molecule has 0 radical (unpaired) electrons. The quantitative estimate of drug-likeness (QED) is 0.830. The number of hydrogen-bond acceptors (Lipinski definition) is 3. The molecule has 94 valence electrons. The van der Waals surface area contributed by atoms with Gasteiger partial charge in [0.2, 0.25) is 0 Å². The molecule has 1 amide bonds. The van der Waals surface area contributed by atoms with Crippen LogP contribution in [0.25, 0.3) is 0 Å². The second kappa shape index (κ2) is 5.69. The molecule has 3 nitrogen and oxygen atoms in total. The zero-order valence-corrected chi connectivity index (χ0v) is 11.0. The molecule has 1 heterocycles. The Labute approximate surface area is 111 Å². The highest BCUT2D eigenvalue weighted by Crippen LogP contribution is 2.12. The third-order valence-corrected chi connectivity index (χ3v) is 3.51. The number of nitrogens with two attached hydrogens (primary N) is 1. The summed E-state index contributed by atoms with van der Waals surface area (Å²) in [5, 5.41) is 5.02. The molecule has 3 N–H and O–H groups in total. The first-order valence-electron chi connectivity index (χ1n) is 5.84. The van der Waals surface area contributed by atoms with E-state index in [2.05, 4.69) is 11.4 Å². The maximum Gasteiger partial charge on any atom is 0.251 e. The molecule has 1 unspecified atom stereocenters. The molecular formula is C14H16N2OS. The molecule has 1 atom stereocenters. The summed E-state index contributed by atoms with van der Waals surface area (Å²) in [5.41, 5.74) is 6.87. The monoisotopic (exact) mass is 260 g/mol. The molecule has 0 spiro atoms. The predicted octanol–water partition coefficient (Wildman–Crippen LogP) is 2.69. The van der Waals surface area contributed by atoms with E-state index < -0.39 is 0 Å². The van der Waals surface area contributed by atoms with Crippen molar-refractivity contribution < 1.29 is 4.79 Å². The largest absolute Gasteiger partial charge is 0.399 e. The molecule has 0 fully saturated rings. The van der Waals surface area contributed by atoms with Crippen LogP contribution < -0.4 is 11.1 Å². The molecule has 0 saturated carbocycles. The van der Waals surface area contributed by atoms with Crippen molar-refractivity contribution in [1.82, 2.24) is 5.32 Å². The van der Waals surface area contributed by atoms with E-state index in [0.717, 1.165) is 6.42 Å². The molecule has 1 aromatic heterocycles. The molecule has 18 heavy (non-hydrogen) atoms. The standard InChI is InChI=1S/C14H16N2OS/c1-10(8-13-6-3-7-18-13)16-14(17)11-4-2-5-12(15)9-11/h2-7,9-10H,8,15H2,1H3,(H,16,17). The lowest BCUT2D eigenvalue weighted by molar-refractivity contribution is 0.0940. The van der Waals surface area contributed by atoms with Gasteiger partial charge in [0.25, 0.3) is 5.91 Å². The summed E-state index contributed by atoms with van der Waals surface area (Å²) in [6, 6.07) is 11.2. The number of thiophene rings is 1. The first kappa shape index (κ1) is 12.6. The molecule has 0 aliphatic rings. The van der Waals surface area contributed by atoms with Crippen LogP contribution in [-0.2, 0) is 6.42 Å². The Kier molecular flexibility index (Phi) is 3.99. The maximum atomic E-state index is 12.0. The minimum absolute atomic E-state index is 0.0774. The van der Waals surface area contributed by atoms with Crippen molar-refractivity contribution in [1.29, 1.82) is 0 Å². The highest BCUT2D eigenvalue weighted by Gasteiger charge is 2.10. The summed E-state index contributed by atoms with van der Waals surface area (Å²) in [5.74, 6) is -0.0774. The van der Waals surface area contributed by atoms with Gasteiger partial charge in [0, 0.05) is 28.6 Å². The van der Waals surface area contributed by atoms with Crippen LogP contribution in [0.15, 0.2) is 41.8 Å². The van der Waals surface area contributed by atoms with Gasteiger partial charge < -0.3 is 11.1 Å². The molecule has 0 aliphatic carbocycles. The second-order valence-electron chi connectivity index (χ2n) is 4.28. The van der Waals surface area contributed by atoms with Gasteiger partial charge in [0.15, 0.2) is 0 Å². The fraction of sp³-hybridized carbons (Fsp3) is 0.214. The molecule has 2 rings (SSSR count). The second-order valence-corrected chi connectivity index (χ2v) is 5.32. The number of carbonyl (C=O) groups is 1. The van der Waals surface area contributed by atoms with Crippen molar-refractivity contribution in [3.63, 3.8) is 0 Å². The molecule has 2 aromatic rings. The zero-order chi connectivity index (χ0) is 13.0. The lowest BCUT2D eigenvalue weighted by Gasteiger charge is -2.13. The third kappa shape index (κ3) is 3.34. The predicted molar refractivity (Wildman–Crippen MR) is 75.8 cm³/mol. The lowest BCUT2D eigenvalue weighted by atomic mass is 10.1. The van der Waals surface area contributed by atoms with Crippen molar-refractivity contribution in [2.75, 3.05) is 5.73 Å². The molecule has 1 aromatic carbocycles. The molecule has 0 bridgehead atoms. The highest BCUT2D eigenvalue weighted by molar-refractivity contribution is 7.09. The van der Waals surface area contributed by atoms with Crippen molar-refractivity contribution in [3.8, 4) is 0 Å². The van der Waals surface area contributed by atoms with Crippen molar-refractivity contribution in [2.24, 2.45) is 0 Å². The number of hydrogen-bond donors (Lipinski definition) is 2. The van der Waals surface area contributed by atoms with Crippen LogP contribution >= 0.6 is 11.3 Å². The van der Waals surface area contributed by atoms with Crippen LogP contribution in [0, 0.1) is 0 Å². The first-order valence-corrected chi connectivity index (χ1v) is 6.72. The van der Waals surface area contributed by atoms with E-state index in [1.807, 2.05) is 18.4 Å². The number of carbonyl (C=O) groups excluding carboxylic acids is 1. The third-order valence-electron chi connectivity index (χ3n) is 2.61. The zero-order valence-electron chi connectivity index (χ0n) is 10.2. The number of anilines is 1. The summed E-state index contributed by atoms with van der Waals surface area (Å²) < 4.78 is 0. The molecule has 0 saturated heterocycles. The van der Waals surface area contributed by atoms with Crippen LogP contribution in [-0.4, -0.2) is 11.9 Å². The van der Waals surface area contributed by atoms with Gasteiger partial charge in [0.05, 0.1) is 0 Å².